The molecule has 5 aliphatic rings. The maximum Gasteiger partial charge on any atom is 0.407 e. The molecule has 6 bridgehead atoms. The second-order valence-electron chi connectivity index (χ2n) is 16.6. The summed E-state index contributed by atoms with van der Waals surface area (Å²) in [4.78, 5) is 44.3. The average molecular weight is 824 g/mol. The molecule has 0 radical (unpaired) electrons. The third kappa shape index (κ3) is 7.08. The summed E-state index contributed by atoms with van der Waals surface area (Å²) in [6.07, 6.45) is 0.0931. The van der Waals surface area contributed by atoms with Crippen LogP contribution in [-0.2, 0) is 11.2 Å². The van der Waals surface area contributed by atoms with E-state index in [9.17, 15) is 19.2 Å². The topological polar surface area (TPSA) is 143 Å². The third-order valence-corrected chi connectivity index (χ3v) is 12.2. The second kappa shape index (κ2) is 15.2. The highest BCUT2D eigenvalue weighted by atomic mass is 19.1. The fourth-order valence-electron chi connectivity index (χ4n) is 9.62. The standard InChI is InChI=1S/C44H41F4N7O5/c1-24-6-3-7-26(18-49)34(24)40(56)60-29-14-25-9-10-33(47)30-8-4-13-58-42(57)53-43(2)16-27(45)20-54(22-43)39-32-19-50-37(31(15-29)35(25)30)36(48)38(32)51-41(52-39)59-23-44-11-5-12-55(44)21-28(46)17-44/h3,6-7,9-10,14-15,19,27-28H,4-5,8,11-13,16-17,20-23H2,1-2H3,(H,53,57)/t27-,28-,43-,44+/m1/s1. The van der Waals surface area contributed by atoms with Crippen molar-refractivity contribution in [2.24, 2.45) is 0 Å². The van der Waals surface area contributed by atoms with Gasteiger partial charge in [-0.15, -0.1) is 0 Å². The summed E-state index contributed by atoms with van der Waals surface area (Å²) in [5.74, 6) is -2.30. The number of rotatable bonds is 5. The van der Waals surface area contributed by atoms with Gasteiger partial charge in [0.1, 0.15) is 53.6 Å². The predicted molar refractivity (Wildman–Crippen MR) is 213 cm³/mol. The molecule has 3 fully saturated rings. The molecule has 4 atom stereocenters. The Morgan fingerprint density at radius 1 is 1.10 bits per heavy atom. The minimum Gasteiger partial charge on any atom is -0.461 e. The van der Waals surface area contributed by atoms with Crippen molar-refractivity contribution >= 4 is 39.6 Å². The largest absolute Gasteiger partial charge is 0.461 e. The number of alkyl carbamates (subject to hydrolysis) is 1. The van der Waals surface area contributed by atoms with Crippen molar-refractivity contribution < 1.29 is 41.4 Å². The van der Waals surface area contributed by atoms with E-state index in [4.69, 9.17) is 14.2 Å². The number of benzene rings is 3. The molecule has 12 nitrogen and oxygen atoms in total. The highest BCUT2D eigenvalue weighted by molar-refractivity contribution is 6.03. The van der Waals surface area contributed by atoms with Crippen LogP contribution in [0.2, 0.25) is 0 Å². The number of fused-ring (bicyclic) bond motifs is 7. The van der Waals surface area contributed by atoms with Gasteiger partial charge in [-0.05, 0) is 92.2 Å². The smallest absolute Gasteiger partial charge is 0.407 e. The first kappa shape index (κ1) is 39.4. The molecule has 2 aromatic heterocycles. The minimum atomic E-state index is -1.44. The van der Waals surface area contributed by atoms with Crippen molar-refractivity contribution in [1.29, 1.82) is 5.26 Å². The van der Waals surface area contributed by atoms with Gasteiger partial charge in [0.25, 0.3) is 0 Å². The summed E-state index contributed by atoms with van der Waals surface area (Å²) in [7, 11) is 0. The number of nitrogens with one attached hydrogen (secondary N) is 1. The van der Waals surface area contributed by atoms with Gasteiger partial charge in [0, 0.05) is 37.7 Å². The molecular formula is C44H41F4N7O5. The zero-order valence-electron chi connectivity index (χ0n) is 33.0. The Labute approximate surface area is 342 Å². The van der Waals surface area contributed by atoms with Gasteiger partial charge in [-0.2, -0.15) is 15.2 Å². The number of esters is 1. The number of amides is 1. The first-order valence-corrected chi connectivity index (χ1v) is 20.0. The molecule has 5 aliphatic heterocycles. The summed E-state index contributed by atoms with van der Waals surface area (Å²) in [6, 6.07) is 12.2. The molecule has 16 heteroatoms. The monoisotopic (exact) mass is 823 g/mol. The Morgan fingerprint density at radius 3 is 2.77 bits per heavy atom. The van der Waals surface area contributed by atoms with E-state index in [1.54, 1.807) is 30.9 Å². The third-order valence-electron chi connectivity index (χ3n) is 12.2. The normalized spacial score (nSPS) is 24.2. The van der Waals surface area contributed by atoms with Crippen LogP contribution in [0.3, 0.4) is 0 Å². The number of carbonyl (C=O) groups is 2. The number of pyridine rings is 1. The Balaban J connectivity index is 1.23. The van der Waals surface area contributed by atoms with Crippen LogP contribution >= 0.6 is 0 Å². The van der Waals surface area contributed by atoms with Crippen LogP contribution in [0.15, 0.2) is 48.7 Å². The number of aromatic nitrogens is 3. The molecule has 0 spiro atoms. The lowest BCUT2D eigenvalue weighted by atomic mass is 9.90. The average Bonchev–Trinajstić information content (AvgIpc) is 3.73. The van der Waals surface area contributed by atoms with Crippen LogP contribution in [0, 0.1) is 29.9 Å². The molecule has 5 aromatic rings. The molecule has 0 saturated carbocycles. The number of nitriles is 1. The number of nitrogens with zero attached hydrogens (tertiary/aromatic N) is 6. The van der Waals surface area contributed by atoms with Gasteiger partial charge in [0.15, 0.2) is 5.82 Å². The van der Waals surface area contributed by atoms with Gasteiger partial charge in [0.05, 0.1) is 40.7 Å². The van der Waals surface area contributed by atoms with Crippen LogP contribution in [0.4, 0.5) is 28.2 Å². The van der Waals surface area contributed by atoms with Gasteiger partial charge in [-0.1, -0.05) is 18.2 Å². The highest BCUT2D eigenvalue weighted by Crippen LogP contribution is 2.43. The van der Waals surface area contributed by atoms with Crippen molar-refractivity contribution in [3.8, 4) is 29.1 Å². The van der Waals surface area contributed by atoms with Crippen molar-refractivity contribution in [3.63, 3.8) is 0 Å². The zero-order valence-corrected chi connectivity index (χ0v) is 33.0. The molecule has 1 N–H and O–H groups in total. The predicted octanol–water partition coefficient (Wildman–Crippen LogP) is 7.46. The Kier molecular flexibility index (Phi) is 9.97. The maximum atomic E-state index is 17.6. The van der Waals surface area contributed by atoms with E-state index in [1.807, 2.05) is 6.07 Å². The van der Waals surface area contributed by atoms with Crippen LogP contribution < -0.4 is 19.7 Å². The quantitative estimate of drug-likeness (QED) is 0.107. The molecule has 7 heterocycles. The summed E-state index contributed by atoms with van der Waals surface area (Å²) in [6.45, 7) is 4.16. The first-order valence-electron chi connectivity index (χ1n) is 20.0. The van der Waals surface area contributed by atoms with E-state index in [2.05, 4.69) is 25.2 Å². The molecule has 0 unspecified atom stereocenters. The van der Waals surface area contributed by atoms with E-state index >= 15 is 13.2 Å². The molecule has 1 amide bonds. The molecule has 3 aromatic carbocycles. The van der Waals surface area contributed by atoms with Crippen LogP contribution in [0.5, 0.6) is 11.8 Å². The summed E-state index contributed by atoms with van der Waals surface area (Å²) >= 11 is 0. The fraction of sp³-hybridized carbons (Fsp3) is 0.409. The molecular weight excluding hydrogens is 783 g/mol. The number of piperidine rings is 1. The van der Waals surface area contributed by atoms with E-state index in [0.717, 1.165) is 6.42 Å². The Hall–Kier alpha value is -6.08. The lowest BCUT2D eigenvalue weighted by molar-refractivity contribution is 0.0733. The van der Waals surface area contributed by atoms with Crippen molar-refractivity contribution in [1.82, 2.24) is 25.2 Å². The number of hydrogen-bond donors (Lipinski definition) is 1. The van der Waals surface area contributed by atoms with Gasteiger partial charge in [-0.3, -0.25) is 9.88 Å². The van der Waals surface area contributed by atoms with E-state index in [0.29, 0.717) is 23.9 Å². The number of hydrogen-bond acceptors (Lipinski definition) is 11. The number of ether oxygens (including phenoxy) is 3. The van der Waals surface area contributed by atoms with Crippen molar-refractivity contribution in [2.45, 2.75) is 75.8 Å². The first-order chi connectivity index (χ1) is 28.8. The van der Waals surface area contributed by atoms with E-state index in [-0.39, 0.29) is 120 Å². The Bertz CT molecular complexity index is 2620. The van der Waals surface area contributed by atoms with Crippen molar-refractivity contribution in [3.05, 3.63) is 82.5 Å². The summed E-state index contributed by atoms with van der Waals surface area (Å²) in [5, 5.41) is 13.3. The molecule has 3 saturated heterocycles. The fourth-order valence-corrected chi connectivity index (χ4v) is 9.62. The van der Waals surface area contributed by atoms with Crippen LogP contribution in [0.25, 0.3) is 32.9 Å². The van der Waals surface area contributed by atoms with Gasteiger partial charge in [0.2, 0.25) is 0 Å². The molecule has 0 aliphatic carbocycles. The van der Waals surface area contributed by atoms with E-state index < -0.39 is 47.1 Å². The van der Waals surface area contributed by atoms with Crippen LogP contribution in [-0.4, -0.2) is 94.7 Å². The number of anilines is 1. The SMILES string of the molecule is Cc1cccc(C#N)c1C(=O)Oc1cc2c3c(c(F)ccc3c1)CCCOC(=O)N[C@]1(C)C[C@@H](F)CN(C1)c1nc(OC[C@@]34CCCN3C[C@H](F)C4)nc3c(F)c-2ncc13. The summed E-state index contributed by atoms with van der Waals surface area (Å²) in [5.41, 5.74) is -1.33. The summed E-state index contributed by atoms with van der Waals surface area (Å²) < 4.78 is 81.6. The number of aryl methyl sites for hydroxylation is 2. The lowest BCUT2D eigenvalue weighted by Crippen LogP contribution is -2.60. The Morgan fingerprint density at radius 2 is 1.93 bits per heavy atom. The number of halogens is 4. The van der Waals surface area contributed by atoms with E-state index in [1.165, 1.54) is 36.5 Å². The second-order valence-corrected chi connectivity index (χ2v) is 16.6. The van der Waals surface area contributed by atoms with Crippen molar-refractivity contribution in [2.75, 3.05) is 44.3 Å². The number of carbonyl (C=O) groups excluding carboxylic acids is 2. The molecule has 310 valence electrons. The van der Waals surface area contributed by atoms with Gasteiger partial charge in [-0.25, -0.2) is 27.2 Å². The molecule has 60 heavy (non-hydrogen) atoms. The highest BCUT2D eigenvalue weighted by Gasteiger charge is 2.49. The van der Waals surface area contributed by atoms with Gasteiger partial charge < -0.3 is 24.4 Å². The minimum absolute atomic E-state index is 0.0310. The zero-order chi connectivity index (χ0) is 41.9. The van der Waals surface area contributed by atoms with Crippen LogP contribution in [0.1, 0.15) is 66.1 Å². The lowest BCUT2D eigenvalue weighted by Gasteiger charge is -2.42. The maximum absolute atomic E-state index is 17.6. The number of alkyl halides is 2. The van der Waals surface area contributed by atoms with Gasteiger partial charge >= 0.3 is 18.1 Å². The molecule has 10 rings (SSSR count).